The molecule has 0 heterocycles. The van der Waals surface area contributed by atoms with E-state index in [4.69, 9.17) is 22.2 Å². The Kier molecular flexibility index (Phi) is 4.68. The standard InChI is InChI=1S/C9H10ClN3O4/c10-7-2-1-6(13(15)16)5-8(7)17-4-3-9(14)12-11/h1-2,5H,3-4,11H2,(H,12,14). The average molecular weight is 260 g/mol. The molecule has 0 saturated carbocycles. The minimum Gasteiger partial charge on any atom is -0.491 e. The molecule has 0 bridgehead atoms. The molecule has 1 aromatic rings. The van der Waals surface area contributed by atoms with Crippen LogP contribution in [0.15, 0.2) is 18.2 Å². The number of hydrogen-bond acceptors (Lipinski definition) is 5. The molecule has 1 aromatic carbocycles. The first kappa shape index (κ1) is 13.2. The second kappa shape index (κ2) is 6.02. The minimum atomic E-state index is -0.560. The number of halogens is 1. The van der Waals surface area contributed by atoms with Crippen LogP contribution in [0.25, 0.3) is 0 Å². The van der Waals surface area contributed by atoms with Gasteiger partial charge in [0.2, 0.25) is 5.91 Å². The van der Waals surface area contributed by atoms with Gasteiger partial charge in [-0.2, -0.15) is 0 Å². The van der Waals surface area contributed by atoms with E-state index >= 15 is 0 Å². The predicted molar refractivity (Wildman–Crippen MR) is 60.5 cm³/mol. The molecule has 17 heavy (non-hydrogen) atoms. The summed E-state index contributed by atoms with van der Waals surface area (Å²) in [7, 11) is 0. The largest absolute Gasteiger partial charge is 0.491 e. The quantitative estimate of drug-likeness (QED) is 0.355. The summed E-state index contributed by atoms with van der Waals surface area (Å²) in [5.74, 6) is 4.64. The van der Waals surface area contributed by atoms with Crippen LogP contribution < -0.4 is 16.0 Å². The van der Waals surface area contributed by atoms with Crippen molar-refractivity contribution >= 4 is 23.2 Å². The van der Waals surface area contributed by atoms with E-state index in [0.29, 0.717) is 0 Å². The van der Waals surface area contributed by atoms with Crippen molar-refractivity contribution in [1.82, 2.24) is 5.43 Å². The minimum absolute atomic E-state index is 0.0317. The zero-order valence-corrected chi connectivity index (χ0v) is 9.44. The summed E-state index contributed by atoms with van der Waals surface area (Å²) in [5, 5.41) is 10.8. The van der Waals surface area contributed by atoms with Crippen molar-refractivity contribution in [3.05, 3.63) is 33.3 Å². The van der Waals surface area contributed by atoms with Gasteiger partial charge in [0, 0.05) is 6.07 Å². The van der Waals surface area contributed by atoms with Crippen LogP contribution in [0.2, 0.25) is 5.02 Å². The van der Waals surface area contributed by atoms with Crippen molar-refractivity contribution in [1.29, 1.82) is 0 Å². The van der Waals surface area contributed by atoms with Gasteiger partial charge in [0.15, 0.2) is 0 Å². The average Bonchev–Trinajstić information content (AvgIpc) is 2.30. The van der Waals surface area contributed by atoms with Crippen molar-refractivity contribution in [2.24, 2.45) is 5.84 Å². The Bertz CT molecular complexity index is 438. The van der Waals surface area contributed by atoms with Crippen molar-refractivity contribution < 1.29 is 14.5 Å². The monoisotopic (exact) mass is 259 g/mol. The summed E-state index contributed by atoms with van der Waals surface area (Å²) >= 11 is 5.78. The van der Waals surface area contributed by atoms with E-state index in [0.717, 1.165) is 0 Å². The highest BCUT2D eigenvalue weighted by Crippen LogP contribution is 2.28. The van der Waals surface area contributed by atoms with Crippen molar-refractivity contribution in [2.45, 2.75) is 6.42 Å². The van der Waals surface area contributed by atoms with Crippen LogP contribution >= 0.6 is 11.6 Å². The third kappa shape index (κ3) is 3.89. The first-order valence-electron chi connectivity index (χ1n) is 4.60. The third-order valence-electron chi connectivity index (χ3n) is 1.87. The van der Waals surface area contributed by atoms with Crippen LogP contribution in [-0.4, -0.2) is 17.4 Å². The molecule has 0 aromatic heterocycles. The second-order valence-electron chi connectivity index (χ2n) is 3.04. The summed E-state index contributed by atoms with van der Waals surface area (Å²) in [6, 6.07) is 3.82. The van der Waals surface area contributed by atoms with Gasteiger partial charge in [-0.15, -0.1) is 0 Å². The van der Waals surface area contributed by atoms with Crippen LogP contribution in [0.5, 0.6) is 5.75 Å². The molecule has 0 aliphatic carbocycles. The Balaban J connectivity index is 2.66. The molecule has 0 radical (unpaired) electrons. The van der Waals surface area contributed by atoms with Crippen molar-refractivity contribution in [2.75, 3.05) is 6.61 Å². The Labute approximate surface area is 102 Å². The normalized spacial score (nSPS) is 9.76. The molecule has 0 aliphatic heterocycles. The highest BCUT2D eigenvalue weighted by atomic mass is 35.5. The molecule has 92 valence electrons. The first-order valence-corrected chi connectivity index (χ1v) is 4.98. The highest BCUT2D eigenvalue weighted by molar-refractivity contribution is 6.32. The first-order chi connectivity index (χ1) is 8.04. The van der Waals surface area contributed by atoms with Crippen LogP contribution in [-0.2, 0) is 4.79 Å². The zero-order valence-electron chi connectivity index (χ0n) is 8.68. The Morgan fingerprint density at radius 1 is 1.59 bits per heavy atom. The van der Waals surface area contributed by atoms with Gasteiger partial charge < -0.3 is 4.74 Å². The number of benzene rings is 1. The van der Waals surface area contributed by atoms with Gasteiger partial charge in [-0.25, -0.2) is 5.84 Å². The maximum absolute atomic E-state index is 10.8. The number of non-ortho nitro benzene ring substituents is 1. The molecule has 3 N–H and O–H groups in total. The molecule has 0 unspecified atom stereocenters. The van der Waals surface area contributed by atoms with Gasteiger partial charge in [-0.3, -0.25) is 20.3 Å². The van der Waals surface area contributed by atoms with E-state index in [2.05, 4.69) is 0 Å². The molecular weight excluding hydrogens is 250 g/mol. The van der Waals surface area contributed by atoms with E-state index in [9.17, 15) is 14.9 Å². The molecule has 0 aliphatic rings. The van der Waals surface area contributed by atoms with Crippen molar-refractivity contribution in [3.63, 3.8) is 0 Å². The summed E-state index contributed by atoms with van der Waals surface area (Å²) in [6.45, 7) is 0.0317. The Morgan fingerprint density at radius 3 is 2.88 bits per heavy atom. The summed E-state index contributed by atoms with van der Waals surface area (Å²) < 4.78 is 5.15. The number of rotatable bonds is 5. The van der Waals surface area contributed by atoms with E-state index in [1.54, 1.807) is 0 Å². The summed E-state index contributed by atoms with van der Waals surface area (Å²) in [6.07, 6.45) is 0.0372. The van der Waals surface area contributed by atoms with E-state index in [-0.39, 0.29) is 29.5 Å². The van der Waals surface area contributed by atoms with E-state index in [1.165, 1.54) is 18.2 Å². The van der Waals surface area contributed by atoms with Gasteiger partial charge in [-0.05, 0) is 6.07 Å². The molecule has 0 spiro atoms. The SMILES string of the molecule is NNC(=O)CCOc1cc([N+](=O)[O-])ccc1Cl. The highest BCUT2D eigenvalue weighted by Gasteiger charge is 2.11. The maximum Gasteiger partial charge on any atom is 0.273 e. The maximum atomic E-state index is 10.8. The fourth-order valence-corrected chi connectivity index (χ4v) is 1.21. The molecule has 8 heteroatoms. The number of nitrogens with zero attached hydrogens (tertiary/aromatic N) is 1. The number of carbonyl (C=O) groups is 1. The van der Waals surface area contributed by atoms with Gasteiger partial charge in [0.25, 0.3) is 5.69 Å². The molecule has 7 nitrogen and oxygen atoms in total. The van der Waals surface area contributed by atoms with Gasteiger partial charge in [0.1, 0.15) is 5.75 Å². The number of nitro benzene ring substituents is 1. The molecule has 0 atom stereocenters. The topological polar surface area (TPSA) is 107 Å². The smallest absolute Gasteiger partial charge is 0.273 e. The van der Waals surface area contributed by atoms with Crippen LogP contribution in [0, 0.1) is 10.1 Å². The van der Waals surface area contributed by atoms with Crippen molar-refractivity contribution in [3.8, 4) is 5.75 Å². The number of ether oxygens (including phenoxy) is 1. The number of carbonyl (C=O) groups excluding carboxylic acids is 1. The number of hydrogen-bond donors (Lipinski definition) is 2. The fourth-order valence-electron chi connectivity index (χ4n) is 1.04. The molecule has 1 rings (SSSR count). The molecular formula is C9H10ClN3O4. The van der Waals surface area contributed by atoms with E-state index in [1.807, 2.05) is 5.43 Å². The van der Waals surface area contributed by atoms with Gasteiger partial charge >= 0.3 is 0 Å². The lowest BCUT2D eigenvalue weighted by Gasteiger charge is -2.06. The Hall–Kier alpha value is -1.86. The van der Waals surface area contributed by atoms with Crippen LogP contribution in [0.3, 0.4) is 0 Å². The zero-order chi connectivity index (χ0) is 12.8. The second-order valence-corrected chi connectivity index (χ2v) is 3.45. The van der Waals surface area contributed by atoms with Gasteiger partial charge in [-0.1, -0.05) is 11.6 Å². The van der Waals surface area contributed by atoms with Crippen LogP contribution in [0.4, 0.5) is 5.69 Å². The molecule has 1 amide bonds. The lowest BCUT2D eigenvalue weighted by Crippen LogP contribution is -2.31. The van der Waals surface area contributed by atoms with Crippen LogP contribution in [0.1, 0.15) is 6.42 Å². The predicted octanol–water partition coefficient (Wildman–Crippen LogP) is 1.01. The van der Waals surface area contributed by atoms with E-state index < -0.39 is 10.8 Å². The number of nitro groups is 1. The summed E-state index contributed by atoms with van der Waals surface area (Å²) in [5.41, 5.74) is 1.80. The number of nitrogens with one attached hydrogen (secondary N) is 1. The Morgan fingerprint density at radius 2 is 2.29 bits per heavy atom. The fraction of sp³-hybridized carbons (Fsp3) is 0.222. The number of amides is 1. The lowest BCUT2D eigenvalue weighted by atomic mass is 10.3. The molecule has 0 fully saturated rings. The number of nitrogens with two attached hydrogens (primary N) is 1. The lowest BCUT2D eigenvalue weighted by molar-refractivity contribution is -0.384. The van der Waals surface area contributed by atoms with Gasteiger partial charge in [0.05, 0.1) is 29.0 Å². The summed E-state index contributed by atoms with van der Waals surface area (Å²) in [4.78, 5) is 20.8. The number of hydrazine groups is 1. The third-order valence-corrected chi connectivity index (χ3v) is 2.19. The molecule has 0 saturated heterocycles.